The molecule has 1 aliphatic heterocycles. The van der Waals surface area contributed by atoms with Crippen LogP contribution in [0.4, 0.5) is 4.39 Å². The summed E-state index contributed by atoms with van der Waals surface area (Å²) in [7, 11) is 0. The van der Waals surface area contributed by atoms with Crippen molar-refractivity contribution in [3.63, 3.8) is 0 Å². The van der Waals surface area contributed by atoms with Crippen LogP contribution >= 0.6 is 11.6 Å². The van der Waals surface area contributed by atoms with Crippen molar-refractivity contribution in [3.8, 4) is 11.3 Å². The van der Waals surface area contributed by atoms with E-state index in [1.54, 1.807) is 4.68 Å². The van der Waals surface area contributed by atoms with E-state index >= 15 is 0 Å². The van der Waals surface area contributed by atoms with Gasteiger partial charge < -0.3 is 11.1 Å². The number of amides is 1. The van der Waals surface area contributed by atoms with Crippen molar-refractivity contribution < 1.29 is 14.0 Å². The average Bonchev–Trinajstić information content (AvgIpc) is 3.32. The molecular formula is C18H18ClFN4O2. The molecule has 136 valence electrons. The van der Waals surface area contributed by atoms with E-state index < -0.39 is 17.8 Å². The number of hydrogen-bond acceptors (Lipinski definition) is 4. The lowest BCUT2D eigenvalue weighted by Crippen LogP contribution is -2.38. The Morgan fingerprint density at radius 2 is 2.15 bits per heavy atom. The van der Waals surface area contributed by atoms with Crippen LogP contribution < -0.4 is 11.1 Å². The zero-order valence-corrected chi connectivity index (χ0v) is 14.7. The topological polar surface area (TPSA) is 90.0 Å². The molecule has 1 saturated carbocycles. The van der Waals surface area contributed by atoms with E-state index in [-0.39, 0.29) is 16.4 Å². The van der Waals surface area contributed by atoms with Crippen molar-refractivity contribution in [2.45, 2.75) is 31.8 Å². The Kier molecular flexibility index (Phi) is 4.28. The molecule has 0 bridgehead atoms. The molecule has 0 radical (unpaired) electrons. The van der Waals surface area contributed by atoms with E-state index in [2.05, 4.69) is 10.4 Å². The van der Waals surface area contributed by atoms with Gasteiger partial charge in [0.1, 0.15) is 17.6 Å². The van der Waals surface area contributed by atoms with Crippen molar-refractivity contribution in [1.29, 1.82) is 0 Å². The smallest absolute Gasteiger partial charge is 0.252 e. The number of Topliss-reactive ketones (excluding diaryl/α,β-unsaturated/α-hetero) is 1. The summed E-state index contributed by atoms with van der Waals surface area (Å²) in [5.41, 5.74) is 7.21. The minimum atomic E-state index is -0.640. The summed E-state index contributed by atoms with van der Waals surface area (Å²) < 4.78 is 15.1. The van der Waals surface area contributed by atoms with Gasteiger partial charge in [-0.05, 0) is 37.0 Å². The first-order chi connectivity index (χ1) is 12.5. The van der Waals surface area contributed by atoms with Crippen LogP contribution in [0.5, 0.6) is 0 Å². The number of carbonyl (C=O) groups excluding carboxylic acids is 2. The highest BCUT2D eigenvalue weighted by Crippen LogP contribution is 2.36. The average molecular weight is 377 g/mol. The number of carbonyl (C=O) groups is 2. The van der Waals surface area contributed by atoms with Crippen molar-refractivity contribution in [3.05, 3.63) is 40.3 Å². The van der Waals surface area contributed by atoms with Gasteiger partial charge in [0.15, 0.2) is 5.78 Å². The van der Waals surface area contributed by atoms with Gasteiger partial charge in [0.2, 0.25) is 0 Å². The molecule has 0 saturated heterocycles. The number of nitrogens with one attached hydrogen (secondary N) is 1. The fourth-order valence-electron chi connectivity index (χ4n) is 3.41. The number of hydrogen-bond donors (Lipinski definition) is 2. The number of nitrogens with zero attached hydrogens (tertiary/aromatic N) is 2. The standard InChI is InChI=1S/C18H18ClFN4O2/c19-11-6-10(3-4-12(11)20)17-16(18(21)26)14-8-22-7-13(24(14)23-17)15(25)5-9-1-2-9/h3-4,6,9,13,22H,1-2,5,7-8H2,(H2,21,26). The molecule has 4 rings (SSSR count). The van der Waals surface area contributed by atoms with Gasteiger partial charge in [-0.15, -0.1) is 0 Å². The maximum atomic E-state index is 13.5. The lowest BCUT2D eigenvalue weighted by atomic mass is 10.0. The third-order valence-corrected chi connectivity index (χ3v) is 5.22. The Labute approximate surface area is 154 Å². The van der Waals surface area contributed by atoms with Gasteiger partial charge in [-0.1, -0.05) is 11.6 Å². The fraction of sp³-hybridized carbons (Fsp3) is 0.389. The van der Waals surface area contributed by atoms with Crippen molar-refractivity contribution >= 4 is 23.3 Å². The third kappa shape index (κ3) is 3.01. The molecule has 2 heterocycles. The normalized spacial score (nSPS) is 19.2. The van der Waals surface area contributed by atoms with Crippen LogP contribution in [0, 0.1) is 11.7 Å². The second kappa shape index (κ2) is 6.48. The van der Waals surface area contributed by atoms with Crippen LogP contribution in [0.3, 0.4) is 0 Å². The first kappa shape index (κ1) is 17.2. The quantitative estimate of drug-likeness (QED) is 0.838. The highest BCUT2D eigenvalue weighted by Gasteiger charge is 2.35. The zero-order valence-electron chi connectivity index (χ0n) is 14.0. The summed E-state index contributed by atoms with van der Waals surface area (Å²) in [6.07, 6.45) is 2.70. The van der Waals surface area contributed by atoms with Gasteiger partial charge in [0, 0.05) is 25.1 Å². The van der Waals surface area contributed by atoms with Gasteiger partial charge in [0.05, 0.1) is 16.3 Å². The van der Waals surface area contributed by atoms with Crippen LogP contribution in [0.15, 0.2) is 18.2 Å². The fourth-order valence-corrected chi connectivity index (χ4v) is 3.59. The molecule has 8 heteroatoms. The summed E-state index contributed by atoms with van der Waals surface area (Å²) in [4.78, 5) is 24.7. The number of aromatic nitrogens is 2. The first-order valence-corrected chi connectivity index (χ1v) is 8.93. The number of primary amides is 1. The Balaban J connectivity index is 1.80. The Morgan fingerprint density at radius 3 is 2.81 bits per heavy atom. The van der Waals surface area contributed by atoms with Crippen LogP contribution in [-0.2, 0) is 11.3 Å². The van der Waals surface area contributed by atoms with E-state index in [1.807, 2.05) is 0 Å². The molecular weight excluding hydrogens is 359 g/mol. The van der Waals surface area contributed by atoms with E-state index in [9.17, 15) is 14.0 Å². The van der Waals surface area contributed by atoms with Crippen LogP contribution in [0.25, 0.3) is 11.3 Å². The predicted molar refractivity (Wildman–Crippen MR) is 94.2 cm³/mol. The summed E-state index contributed by atoms with van der Waals surface area (Å²) in [6, 6.07) is 3.65. The number of halogens is 2. The molecule has 1 aromatic heterocycles. The molecule has 1 aliphatic carbocycles. The molecule has 3 N–H and O–H groups in total. The lowest BCUT2D eigenvalue weighted by Gasteiger charge is -2.24. The molecule has 1 unspecified atom stereocenters. The Bertz CT molecular complexity index is 907. The molecule has 1 amide bonds. The second-order valence-electron chi connectivity index (χ2n) is 6.87. The van der Waals surface area contributed by atoms with Crippen LogP contribution in [-0.4, -0.2) is 28.0 Å². The molecule has 6 nitrogen and oxygen atoms in total. The van der Waals surface area contributed by atoms with Crippen LogP contribution in [0.1, 0.15) is 41.4 Å². The first-order valence-electron chi connectivity index (χ1n) is 8.55. The number of ketones is 1. The molecule has 26 heavy (non-hydrogen) atoms. The Morgan fingerprint density at radius 1 is 1.38 bits per heavy atom. The van der Waals surface area contributed by atoms with Crippen LogP contribution in [0.2, 0.25) is 5.02 Å². The Hall–Kier alpha value is -2.25. The lowest BCUT2D eigenvalue weighted by molar-refractivity contribution is -0.123. The van der Waals surface area contributed by atoms with E-state index in [0.717, 1.165) is 12.8 Å². The zero-order chi connectivity index (χ0) is 18.4. The minimum absolute atomic E-state index is 0.0663. The van der Waals surface area contributed by atoms with Crippen molar-refractivity contribution in [1.82, 2.24) is 15.1 Å². The SMILES string of the molecule is NC(=O)c1c(-c2ccc(F)c(Cl)c2)nn2c1CNCC2C(=O)CC1CC1. The van der Waals surface area contributed by atoms with Crippen molar-refractivity contribution in [2.75, 3.05) is 6.54 Å². The van der Waals surface area contributed by atoms with E-state index in [1.165, 1.54) is 18.2 Å². The summed E-state index contributed by atoms with van der Waals surface area (Å²) >= 11 is 5.87. The largest absolute Gasteiger partial charge is 0.365 e. The second-order valence-corrected chi connectivity index (χ2v) is 7.28. The molecule has 1 fully saturated rings. The molecule has 2 aliphatic rings. The van der Waals surface area contributed by atoms with Gasteiger partial charge in [-0.3, -0.25) is 14.3 Å². The highest BCUT2D eigenvalue weighted by atomic mass is 35.5. The molecule has 2 aromatic rings. The van der Waals surface area contributed by atoms with E-state index in [4.69, 9.17) is 17.3 Å². The molecule has 1 atom stereocenters. The number of nitrogens with two attached hydrogens (primary N) is 1. The molecule has 0 spiro atoms. The highest BCUT2D eigenvalue weighted by molar-refractivity contribution is 6.31. The minimum Gasteiger partial charge on any atom is -0.365 e. The number of fused-ring (bicyclic) bond motifs is 1. The summed E-state index contributed by atoms with van der Waals surface area (Å²) in [5, 5.41) is 7.62. The van der Waals surface area contributed by atoms with E-state index in [0.29, 0.717) is 42.4 Å². The summed E-state index contributed by atoms with van der Waals surface area (Å²) in [6.45, 7) is 0.843. The summed E-state index contributed by atoms with van der Waals surface area (Å²) in [5.74, 6) is -0.629. The third-order valence-electron chi connectivity index (χ3n) is 4.93. The maximum absolute atomic E-state index is 13.5. The number of benzene rings is 1. The van der Waals surface area contributed by atoms with Gasteiger partial charge >= 0.3 is 0 Å². The van der Waals surface area contributed by atoms with Gasteiger partial charge in [-0.2, -0.15) is 5.10 Å². The van der Waals surface area contributed by atoms with Gasteiger partial charge in [0.25, 0.3) is 5.91 Å². The number of rotatable bonds is 5. The maximum Gasteiger partial charge on any atom is 0.252 e. The molecule has 1 aromatic carbocycles. The van der Waals surface area contributed by atoms with Gasteiger partial charge in [-0.25, -0.2) is 4.39 Å². The predicted octanol–water partition coefficient (Wildman–Crippen LogP) is 2.46. The van der Waals surface area contributed by atoms with Crippen molar-refractivity contribution in [2.24, 2.45) is 11.7 Å². The monoisotopic (exact) mass is 376 g/mol.